The summed E-state index contributed by atoms with van der Waals surface area (Å²) in [6, 6.07) is -0.567. The lowest BCUT2D eigenvalue weighted by Gasteiger charge is -2.28. The molecule has 88 valence electrons. The highest BCUT2D eigenvalue weighted by Crippen LogP contribution is 2.00. The Balaban J connectivity index is 4.13. The molecule has 0 aromatic heterocycles. The Kier molecular flexibility index (Phi) is 5.69. The molecule has 0 fully saturated rings. The number of carboxylic acid groups (broad SMARTS) is 1. The molecule has 0 aliphatic heterocycles. The van der Waals surface area contributed by atoms with E-state index in [0.717, 1.165) is 0 Å². The summed E-state index contributed by atoms with van der Waals surface area (Å²) in [5.41, 5.74) is 0. The van der Waals surface area contributed by atoms with E-state index in [1.807, 2.05) is 0 Å². The van der Waals surface area contributed by atoms with Crippen LogP contribution >= 0.6 is 0 Å². The number of rotatable bonds is 5. The third kappa shape index (κ3) is 4.64. The number of carboxylic acids is 1. The highest BCUT2D eigenvalue weighted by Gasteiger charge is 2.18. The van der Waals surface area contributed by atoms with Gasteiger partial charge in [0.1, 0.15) is 0 Å². The average Bonchev–Trinajstić information content (AvgIpc) is 2.22. The first kappa shape index (κ1) is 13.7. The molecule has 0 aliphatic rings. The van der Waals surface area contributed by atoms with Crippen molar-refractivity contribution in [2.24, 2.45) is 0 Å². The smallest absolute Gasteiger partial charge is 0.319 e. The zero-order valence-corrected chi connectivity index (χ0v) is 9.30. The van der Waals surface area contributed by atoms with E-state index < -0.39 is 5.97 Å². The van der Waals surface area contributed by atoms with Gasteiger partial charge in [-0.25, -0.2) is 4.79 Å². The molecule has 0 saturated heterocycles. The van der Waals surface area contributed by atoms with Crippen molar-refractivity contribution >= 4 is 12.0 Å². The monoisotopic (exact) mass is 218 g/mol. The van der Waals surface area contributed by atoms with Crippen molar-refractivity contribution in [1.29, 1.82) is 0 Å². The van der Waals surface area contributed by atoms with Crippen molar-refractivity contribution in [3.05, 3.63) is 0 Å². The number of carbonyl (C=O) groups excluding carboxylic acids is 1. The topological polar surface area (TPSA) is 81.1 Å². The molecule has 0 aromatic carbocycles. The highest BCUT2D eigenvalue weighted by atomic mass is 16.4. The lowest BCUT2D eigenvalue weighted by atomic mass is 10.3. The number of hydrogen-bond acceptors (Lipinski definition) is 3. The Hall–Kier alpha value is -1.30. The van der Waals surface area contributed by atoms with Crippen molar-refractivity contribution in [2.45, 2.75) is 19.4 Å². The van der Waals surface area contributed by atoms with Gasteiger partial charge in [0.15, 0.2) is 0 Å². The number of carbonyl (C=O) groups is 2. The maximum Gasteiger partial charge on any atom is 0.319 e. The first-order valence-corrected chi connectivity index (χ1v) is 4.70. The Labute approximate surface area is 89.1 Å². The minimum absolute atomic E-state index is 0.0798. The maximum atomic E-state index is 11.6. The normalized spacial score (nSPS) is 12.0. The molecule has 15 heavy (non-hydrogen) atoms. The van der Waals surface area contributed by atoms with E-state index in [2.05, 4.69) is 0 Å². The molecule has 2 N–H and O–H groups in total. The van der Waals surface area contributed by atoms with Gasteiger partial charge >= 0.3 is 12.0 Å². The molecule has 0 heterocycles. The fourth-order valence-electron chi connectivity index (χ4n) is 0.939. The molecular weight excluding hydrogens is 200 g/mol. The molecule has 0 spiro atoms. The second kappa shape index (κ2) is 6.23. The molecule has 0 aromatic rings. The first-order chi connectivity index (χ1) is 6.90. The van der Waals surface area contributed by atoms with Crippen molar-refractivity contribution < 1.29 is 19.8 Å². The molecule has 2 amide bonds. The molecule has 1 unspecified atom stereocenters. The van der Waals surface area contributed by atoms with Gasteiger partial charge in [0.2, 0.25) is 0 Å². The summed E-state index contributed by atoms with van der Waals surface area (Å²) >= 11 is 0. The number of aliphatic hydroxyl groups excluding tert-OH is 1. The van der Waals surface area contributed by atoms with Crippen molar-refractivity contribution in [1.82, 2.24) is 9.80 Å². The average molecular weight is 218 g/mol. The summed E-state index contributed by atoms with van der Waals surface area (Å²) in [6.45, 7) is 1.76. The lowest BCUT2D eigenvalue weighted by molar-refractivity contribution is -0.137. The van der Waals surface area contributed by atoms with Crippen LogP contribution in [0.5, 0.6) is 0 Å². The molecule has 0 aliphatic carbocycles. The predicted molar refractivity (Wildman–Crippen MR) is 54.6 cm³/mol. The van der Waals surface area contributed by atoms with Crippen LogP contribution in [0.4, 0.5) is 4.79 Å². The van der Waals surface area contributed by atoms with Crippen LogP contribution in [-0.4, -0.2) is 65.3 Å². The molecule has 0 rings (SSSR count). The Morgan fingerprint density at radius 2 is 1.87 bits per heavy atom. The van der Waals surface area contributed by atoms with E-state index in [0.29, 0.717) is 0 Å². The van der Waals surface area contributed by atoms with Crippen LogP contribution < -0.4 is 0 Å². The number of nitrogens with zero attached hydrogens (tertiary/aromatic N) is 2. The second-order valence-electron chi connectivity index (χ2n) is 3.49. The van der Waals surface area contributed by atoms with E-state index in [-0.39, 0.29) is 31.6 Å². The quantitative estimate of drug-likeness (QED) is 0.671. The number of aliphatic carboxylic acids is 1. The maximum absolute atomic E-state index is 11.6. The van der Waals surface area contributed by atoms with Crippen molar-refractivity contribution in [3.8, 4) is 0 Å². The first-order valence-electron chi connectivity index (χ1n) is 4.70. The summed E-state index contributed by atoms with van der Waals surface area (Å²) < 4.78 is 0. The van der Waals surface area contributed by atoms with Crippen LogP contribution in [0.15, 0.2) is 0 Å². The van der Waals surface area contributed by atoms with Crippen LogP contribution in [-0.2, 0) is 4.79 Å². The molecule has 6 nitrogen and oxygen atoms in total. The van der Waals surface area contributed by atoms with Crippen LogP contribution in [0.3, 0.4) is 0 Å². The fourth-order valence-corrected chi connectivity index (χ4v) is 0.939. The predicted octanol–water partition coefficient (Wildman–Crippen LogP) is -0.175. The summed E-state index contributed by atoms with van der Waals surface area (Å²) in [5, 5.41) is 17.3. The number of likely N-dealkylation sites (N-methyl/N-ethyl adjacent to an activating group) is 1. The summed E-state index contributed by atoms with van der Waals surface area (Å²) in [7, 11) is 3.10. The van der Waals surface area contributed by atoms with Gasteiger partial charge in [0.05, 0.1) is 19.1 Å². The van der Waals surface area contributed by atoms with Gasteiger partial charge in [-0.3, -0.25) is 4.79 Å². The largest absolute Gasteiger partial charge is 0.481 e. The number of hydrogen-bond donors (Lipinski definition) is 2. The number of aliphatic hydroxyl groups is 1. The third-order valence-corrected chi connectivity index (χ3v) is 2.21. The van der Waals surface area contributed by atoms with E-state index in [9.17, 15) is 9.59 Å². The van der Waals surface area contributed by atoms with E-state index in [4.69, 9.17) is 10.2 Å². The molecule has 1 atom stereocenters. The molecule has 6 heteroatoms. The summed E-state index contributed by atoms with van der Waals surface area (Å²) in [5.74, 6) is -0.937. The van der Waals surface area contributed by atoms with Gasteiger partial charge in [-0.15, -0.1) is 0 Å². The lowest BCUT2D eigenvalue weighted by Crippen LogP contribution is -2.45. The van der Waals surface area contributed by atoms with Gasteiger partial charge in [-0.05, 0) is 6.92 Å². The summed E-state index contributed by atoms with van der Waals surface area (Å²) in [6.07, 6.45) is -0.0798. The number of urea groups is 1. The van der Waals surface area contributed by atoms with Gasteiger partial charge in [0, 0.05) is 20.6 Å². The Morgan fingerprint density at radius 1 is 1.33 bits per heavy atom. The van der Waals surface area contributed by atoms with Gasteiger partial charge in [-0.2, -0.15) is 0 Å². The van der Waals surface area contributed by atoms with Crippen molar-refractivity contribution in [2.75, 3.05) is 27.2 Å². The zero-order valence-electron chi connectivity index (χ0n) is 9.30. The third-order valence-electron chi connectivity index (χ3n) is 2.21. The zero-order chi connectivity index (χ0) is 12.0. The van der Waals surface area contributed by atoms with Crippen LogP contribution in [0.2, 0.25) is 0 Å². The Bertz CT molecular complexity index is 232. The number of amides is 2. The highest BCUT2D eigenvalue weighted by molar-refractivity contribution is 5.75. The van der Waals surface area contributed by atoms with Crippen LogP contribution in [0.25, 0.3) is 0 Å². The van der Waals surface area contributed by atoms with Gasteiger partial charge in [0.25, 0.3) is 0 Å². The minimum Gasteiger partial charge on any atom is -0.481 e. The van der Waals surface area contributed by atoms with Crippen LogP contribution in [0.1, 0.15) is 13.3 Å². The SMILES string of the molecule is CC(CO)N(C)C(=O)N(C)CCC(=O)O. The van der Waals surface area contributed by atoms with E-state index in [1.165, 1.54) is 16.8 Å². The fraction of sp³-hybridized carbons (Fsp3) is 0.778. The van der Waals surface area contributed by atoms with Gasteiger partial charge in [-0.1, -0.05) is 0 Å². The molecular formula is C9H18N2O4. The van der Waals surface area contributed by atoms with E-state index >= 15 is 0 Å². The molecule has 0 bridgehead atoms. The van der Waals surface area contributed by atoms with Crippen molar-refractivity contribution in [3.63, 3.8) is 0 Å². The molecule has 0 saturated carbocycles. The second-order valence-corrected chi connectivity index (χ2v) is 3.49. The van der Waals surface area contributed by atoms with E-state index in [1.54, 1.807) is 14.0 Å². The Morgan fingerprint density at radius 3 is 2.27 bits per heavy atom. The van der Waals surface area contributed by atoms with Gasteiger partial charge < -0.3 is 20.0 Å². The minimum atomic E-state index is -0.937. The van der Waals surface area contributed by atoms with Crippen LogP contribution in [0, 0.1) is 0 Å². The standard InChI is InChI=1S/C9H18N2O4/c1-7(6-12)11(3)9(15)10(2)5-4-8(13)14/h7,12H,4-6H2,1-3H3,(H,13,14). The summed E-state index contributed by atoms with van der Waals surface area (Å²) in [4.78, 5) is 24.6. The molecule has 0 radical (unpaired) electrons.